The van der Waals surface area contributed by atoms with Gasteiger partial charge in [-0.2, -0.15) is 0 Å². The van der Waals surface area contributed by atoms with Crippen molar-refractivity contribution in [2.75, 3.05) is 0 Å². The Morgan fingerprint density at radius 1 is 1.21 bits per heavy atom. The van der Waals surface area contributed by atoms with Crippen molar-refractivity contribution in [1.82, 2.24) is 0 Å². The van der Waals surface area contributed by atoms with Gasteiger partial charge in [-0.3, -0.25) is 0 Å². The second-order valence-corrected chi connectivity index (χ2v) is 5.70. The first kappa shape index (κ1) is 11.8. The molecule has 0 bridgehead atoms. The molecule has 0 heterocycles. The number of halogens is 1. The van der Waals surface area contributed by atoms with Crippen LogP contribution in [0.3, 0.4) is 0 Å². The molecule has 1 aromatic carbocycles. The zero-order valence-corrected chi connectivity index (χ0v) is 11.1. The fraction of sp³-hybridized carbons (Fsp3) is 0.538. The van der Waals surface area contributed by atoms with Crippen molar-refractivity contribution in [3.8, 4) is 0 Å². The van der Waals surface area contributed by atoms with Gasteiger partial charge in [0.1, 0.15) is 0 Å². The smallest absolute Gasteiger partial charge is 0.0210 e. The van der Waals surface area contributed by atoms with E-state index in [1.807, 2.05) is 0 Å². The summed E-state index contributed by atoms with van der Waals surface area (Å²) in [6.45, 7) is 9.18. The van der Waals surface area contributed by atoms with Gasteiger partial charge in [-0.15, -0.1) is 0 Å². The molecule has 0 N–H and O–H groups in total. The predicted octanol–water partition coefficient (Wildman–Crippen LogP) is 4.99. The highest BCUT2D eigenvalue weighted by Crippen LogP contribution is 2.40. The summed E-state index contributed by atoms with van der Waals surface area (Å²) in [6.07, 6.45) is 1.19. The van der Waals surface area contributed by atoms with Gasteiger partial charge >= 0.3 is 0 Å². The topological polar surface area (TPSA) is 0 Å². The number of benzene rings is 1. The highest BCUT2D eigenvalue weighted by atomic mass is 79.9. The zero-order valence-electron chi connectivity index (χ0n) is 9.47. The van der Waals surface area contributed by atoms with Gasteiger partial charge in [0.15, 0.2) is 0 Å². The van der Waals surface area contributed by atoms with Crippen LogP contribution in [-0.4, -0.2) is 0 Å². The second kappa shape index (κ2) is 4.48. The van der Waals surface area contributed by atoms with E-state index >= 15 is 0 Å². The fourth-order valence-electron chi connectivity index (χ4n) is 2.06. The third kappa shape index (κ3) is 2.60. The molecule has 1 atom stereocenters. The molecule has 1 rings (SSSR count). The molecule has 0 aliphatic rings. The normalized spacial score (nSPS) is 14.1. The van der Waals surface area contributed by atoms with Crippen molar-refractivity contribution in [1.29, 1.82) is 0 Å². The lowest BCUT2D eigenvalue weighted by Gasteiger charge is -2.31. The van der Waals surface area contributed by atoms with Crippen LogP contribution < -0.4 is 0 Å². The molecule has 78 valence electrons. The van der Waals surface area contributed by atoms with Crippen LogP contribution in [0.5, 0.6) is 0 Å². The summed E-state index contributed by atoms with van der Waals surface area (Å²) in [6, 6.07) is 8.55. The van der Waals surface area contributed by atoms with Crippen LogP contribution in [0.2, 0.25) is 0 Å². The van der Waals surface area contributed by atoms with Crippen LogP contribution in [0.15, 0.2) is 28.7 Å². The Kier molecular flexibility index (Phi) is 3.77. The first-order valence-corrected chi connectivity index (χ1v) is 6.00. The molecule has 0 aliphatic heterocycles. The Morgan fingerprint density at radius 3 is 2.21 bits per heavy atom. The summed E-state index contributed by atoms with van der Waals surface area (Å²) in [5.74, 6) is 0.623. The highest BCUT2D eigenvalue weighted by molar-refractivity contribution is 9.10. The number of hydrogen-bond acceptors (Lipinski definition) is 0. The van der Waals surface area contributed by atoms with E-state index in [-0.39, 0.29) is 0 Å². The lowest BCUT2D eigenvalue weighted by atomic mass is 9.75. The van der Waals surface area contributed by atoms with Gasteiger partial charge in [0.25, 0.3) is 0 Å². The molecule has 0 aliphatic carbocycles. The first-order valence-electron chi connectivity index (χ1n) is 5.21. The minimum Gasteiger partial charge on any atom is -0.0648 e. The van der Waals surface area contributed by atoms with Gasteiger partial charge in [-0.05, 0) is 29.4 Å². The molecule has 1 aromatic rings. The molecule has 0 saturated heterocycles. The van der Waals surface area contributed by atoms with E-state index in [0.717, 1.165) is 0 Å². The van der Waals surface area contributed by atoms with Crippen LogP contribution in [0.1, 0.15) is 45.6 Å². The van der Waals surface area contributed by atoms with Gasteiger partial charge < -0.3 is 0 Å². The Balaban J connectivity index is 3.08. The molecule has 0 spiro atoms. The highest BCUT2D eigenvalue weighted by Gasteiger charge is 2.25. The standard InChI is InChI=1S/C13H19Br/c1-5-11(13(2,3)4)10-8-6-7-9-12(10)14/h6-9,11H,5H2,1-4H3. The number of rotatable bonds is 2. The van der Waals surface area contributed by atoms with Gasteiger partial charge in [0.05, 0.1) is 0 Å². The van der Waals surface area contributed by atoms with E-state index in [4.69, 9.17) is 0 Å². The van der Waals surface area contributed by atoms with Gasteiger partial charge in [-0.1, -0.05) is 61.8 Å². The Hall–Kier alpha value is -0.300. The first-order chi connectivity index (χ1) is 6.46. The van der Waals surface area contributed by atoms with Gasteiger partial charge in [-0.25, -0.2) is 0 Å². The lowest BCUT2D eigenvalue weighted by molar-refractivity contribution is 0.312. The van der Waals surface area contributed by atoms with Crippen molar-refractivity contribution in [2.24, 2.45) is 5.41 Å². The molecule has 0 fully saturated rings. The summed E-state index contributed by atoms with van der Waals surface area (Å²) in [7, 11) is 0. The minimum atomic E-state index is 0.332. The largest absolute Gasteiger partial charge is 0.0648 e. The van der Waals surface area contributed by atoms with Crippen LogP contribution in [-0.2, 0) is 0 Å². The third-order valence-electron chi connectivity index (χ3n) is 2.73. The van der Waals surface area contributed by atoms with Crippen LogP contribution in [0.25, 0.3) is 0 Å². The van der Waals surface area contributed by atoms with Crippen molar-refractivity contribution in [3.05, 3.63) is 34.3 Å². The van der Waals surface area contributed by atoms with Crippen LogP contribution in [0.4, 0.5) is 0 Å². The second-order valence-electron chi connectivity index (χ2n) is 4.85. The van der Waals surface area contributed by atoms with Crippen molar-refractivity contribution in [2.45, 2.75) is 40.0 Å². The Labute approximate surface area is 95.9 Å². The fourth-order valence-corrected chi connectivity index (χ4v) is 2.62. The maximum atomic E-state index is 3.63. The molecule has 1 unspecified atom stereocenters. The Morgan fingerprint density at radius 2 is 1.79 bits per heavy atom. The SMILES string of the molecule is CCC(c1ccccc1Br)C(C)(C)C. The molecular weight excluding hydrogens is 236 g/mol. The third-order valence-corrected chi connectivity index (χ3v) is 3.46. The molecule has 0 saturated carbocycles. The summed E-state index contributed by atoms with van der Waals surface area (Å²) in [5.41, 5.74) is 1.76. The number of hydrogen-bond donors (Lipinski definition) is 0. The molecule has 0 radical (unpaired) electrons. The average Bonchev–Trinajstić information content (AvgIpc) is 2.07. The molecule has 0 aromatic heterocycles. The van der Waals surface area contributed by atoms with Crippen molar-refractivity contribution in [3.63, 3.8) is 0 Å². The summed E-state index contributed by atoms with van der Waals surface area (Å²) < 4.78 is 1.24. The molecule has 1 heteroatoms. The van der Waals surface area contributed by atoms with Crippen molar-refractivity contribution < 1.29 is 0 Å². The molecule has 0 amide bonds. The summed E-state index contributed by atoms with van der Waals surface area (Å²) in [4.78, 5) is 0. The van der Waals surface area contributed by atoms with Crippen LogP contribution in [0, 0.1) is 5.41 Å². The van der Waals surface area contributed by atoms with Gasteiger partial charge in [0, 0.05) is 4.47 Å². The molecule has 14 heavy (non-hydrogen) atoms. The maximum absolute atomic E-state index is 3.63. The van der Waals surface area contributed by atoms with Crippen LogP contribution >= 0.6 is 15.9 Å². The maximum Gasteiger partial charge on any atom is 0.0210 e. The lowest BCUT2D eigenvalue weighted by Crippen LogP contribution is -2.18. The molecule has 0 nitrogen and oxygen atoms in total. The Bertz CT molecular complexity index is 296. The van der Waals surface area contributed by atoms with E-state index in [1.54, 1.807) is 0 Å². The van der Waals surface area contributed by atoms with E-state index in [1.165, 1.54) is 16.5 Å². The average molecular weight is 255 g/mol. The van der Waals surface area contributed by atoms with E-state index in [9.17, 15) is 0 Å². The van der Waals surface area contributed by atoms with E-state index < -0.39 is 0 Å². The summed E-state index contributed by atoms with van der Waals surface area (Å²) >= 11 is 3.63. The van der Waals surface area contributed by atoms with E-state index in [2.05, 4.69) is 67.9 Å². The summed E-state index contributed by atoms with van der Waals surface area (Å²) in [5, 5.41) is 0. The minimum absolute atomic E-state index is 0.332. The monoisotopic (exact) mass is 254 g/mol. The van der Waals surface area contributed by atoms with Crippen molar-refractivity contribution >= 4 is 15.9 Å². The van der Waals surface area contributed by atoms with E-state index in [0.29, 0.717) is 11.3 Å². The quantitative estimate of drug-likeness (QED) is 0.698. The predicted molar refractivity (Wildman–Crippen MR) is 66.6 cm³/mol. The molecular formula is C13H19Br. The zero-order chi connectivity index (χ0) is 10.8. The van der Waals surface area contributed by atoms with Gasteiger partial charge in [0.2, 0.25) is 0 Å².